The largest absolute Gasteiger partial charge is 0.466 e. The lowest BCUT2D eigenvalue weighted by Gasteiger charge is -2.44. The number of likely N-dealkylation sites (tertiary alicyclic amines) is 1. The molecule has 2 heterocycles. The highest BCUT2D eigenvalue weighted by atomic mass is 19.4. The quantitative estimate of drug-likeness (QED) is 0.0868. The van der Waals surface area contributed by atoms with Gasteiger partial charge in [0.1, 0.15) is 24.8 Å². The van der Waals surface area contributed by atoms with Crippen LogP contribution in [0.5, 0.6) is 0 Å². The summed E-state index contributed by atoms with van der Waals surface area (Å²) in [6.07, 6.45) is -5.56. The lowest BCUT2D eigenvalue weighted by Crippen LogP contribution is -2.50. The molecule has 0 unspecified atom stereocenters. The van der Waals surface area contributed by atoms with Crippen LogP contribution in [0.4, 0.5) is 30.7 Å². The van der Waals surface area contributed by atoms with Crippen LogP contribution in [-0.2, 0) is 53.6 Å². The lowest BCUT2D eigenvalue weighted by atomic mass is 9.72. The standard InChI is InChI=1S/C44H50F7N3O6/c1-3-58-39(56)11-5-4-8-19-52(2)38(55)27-59-37-25-30-9-6-7-10-36(30)41(37)16-20-53(21-17-41)22-18-42(32-12-14-35(45)15-13-32)28-54(29-60-42)40(57)31-23-33(43(46,47)48)26-34(24-31)44(49,50)51/h6-7,9-10,12-15,23-24,26,37H,3-5,8,11,16-22,25,27-29H2,1-2H3/t37-,42-/m0/s1. The first-order valence-electron chi connectivity index (χ1n) is 20.2. The molecule has 1 aliphatic carbocycles. The molecule has 0 aromatic heterocycles. The summed E-state index contributed by atoms with van der Waals surface area (Å²) >= 11 is 0. The molecule has 0 N–H and O–H groups in total. The molecule has 0 saturated carbocycles. The van der Waals surface area contributed by atoms with Crippen molar-refractivity contribution in [3.8, 4) is 0 Å². The van der Waals surface area contributed by atoms with E-state index in [1.54, 1.807) is 18.9 Å². The number of piperidine rings is 1. The van der Waals surface area contributed by atoms with E-state index < -0.39 is 53.1 Å². The summed E-state index contributed by atoms with van der Waals surface area (Å²) in [6.45, 7) is 3.72. The van der Waals surface area contributed by atoms with Crippen molar-refractivity contribution in [2.75, 3.05) is 59.7 Å². The van der Waals surface area contributed by atoms with Crippen molar-refractivity contribution in [2.24, 2.45) is 0 Å². The number of rotatable bonds is 15. The molecular weight excluding hydrogens is 799 g/mol. The van der Waals surface area contributed by atoms with E-state index >= 15 is 0 Å². The molecule has 2 atom stereocenters. The second-order valence-electron chi connectivity index (χ2n) is 15.9. The first-order valence-corrected chi connectivity index (χ1v) is 20.2. The number of hydrogen-bond acceptors (Lipinski definition) is 7. The van der Waals surface area contributed by atoms with Gasteiger partial charge < -0.3 is 28.9 Å². The minimum atomic E-state index is -5.13. The molecule has 3 aromatic carbocycles. The molecule has 3 aliphatic rings. The van der Waals surface area contributed by atoms with Gasteiger partial charge in [0.2, 0.25) is 5.91 Å². The molecule has 9 nitrogen and oxygen atoms in total. The van der Waals surface area contributed by atoms with Gasteiger partial charge in [-0.15, -0.1) is 0 Å². The number of likely N-dealkylation sites (N-methyl/N-ethyl adjacent to an activating group) is 1. The number of amides is 2. The Hall–Kier alpha value is -4.54. The first-order chi connectivity index (χ1) is 28.4. The Balaban J connectivity index is 1.10. The van der Waals surface area contributed by atoms with Crippen molar-refractivity contribution in [1.29, 1.82) is 0 Å². The second-order valence-corrected chi connectivity index (χ2v) is 15.9. The van der Waals surface area contributed by atoms with Crippen LogP contribution in [-0.4, -0.2) is 98.3 Å². The summed E-state index contributed by atoms with van der Waals surface area (Å²) in [7, 11) is 1.74. The average molecular weight is 850 g/mol. The zero-order chi connectivity index (χ0) is 43.3. The molecule has 0 bridgehead atoms. The Kier molecular flexibility index (Phi) is 14.0. The average Bonchev–Trinajstić information content (AvgIpc) is 3.79. The zero-order valence-electron chi connectivity index (χ0n) is 33.7. The predicted octanol–water partition coefficient (Wildman–Crippen LogP) is 8.14. The molecule has 2 saturated heterocycles. The summed E-state index contributed by atoms with van der Waals surface area (Å²) < 4.78 is 113. The van der Waals surface area contributed by atoms with Gasteiger partial charge in [-0.05, 0) is 106 Å². The van der Waals surface area contributed by atoms with E-state index in [0.717, 1.165) is 17.7 Å². The van der Waals surface area contributed by atoms with Gasteiger partial charge in [-0.25, -0.2) is 4.39 Å². The van der Waals surface area contributed by atoms with E-state index in [1.807, 2.05) is 12.1 Å². The van der Waals surface area contributed by atoms with Crippen LogP contribution in [0.25, 0.3) is 0 Å². The van der Waals surface area contributed by atoms with Crippen LogP contribution in [0, 0.1) is 5.82 Å². The molecule has 1 spiro atoms. The van der Waals surface area contributed by atoms with Crippen molar-refractivity contribution in [2.45, 2.75) is 87.8 Å². The number of carbonyl (C=O) groups excluding carboxylic acids is 3. The van der Waals surface area contributed by atoms with Crippen LogP contribution >= 0.6 is 0 Å². The zero-order valence-corrected chi connectivity index (χ0v) is 33.7. The fourth-order valence-electron chi connectivity index (χ4n) is 8.73. The third-order valence-corrected chi connectivity index (χ3v) is 12.1. The Morgan fingerprint density at radius 2 is 1.57 bits per heavy atom. The van der Waals surface area contributed by atoms with Crippen molar-refractivity contribution in [1.82, 2.24) is 14.7 Å². The number of alkyl halides is 6. The molecule has 6 rings (SSSR count). The fourth-order valence-corrected chi connectivity index (χ4v) is 8.73. The molecule has 16 heteroatoms. The number of benzene rings is 3. The Morgan fingerprint density at radius 1 is 0.900 bits per heavy atom. The topological polar surface area (TPSA) is 88.6 Å². The monoisotopic (exact) mass is 849 g/mol. The van der Waals surface area contributed by atoms with E-state index in [1.165, 1.54) is 35.4 Å². The molecule has 3 aromatic rings. The lowest BCUT2D eigenvalue weighted by molar-refractivity contribution is -0.144. The van der Waals surface area contributed by atoms with Gasteiger partial charge in [-0.3, -0.25) is 14.4 Å². The van der Waals surface area contributed by atoms with Gasteiger partial charge in [0.15, 0.2) is 0 Å². The van der Waals surface area contributed by atoms with Gasteiger partial charge >= 0.3 is 18.3 Å². The third-order valence-electron chi connectivity index (χ3n) is 12.1. The van der Waals surface area contributed by atoms with Gasteiger partial charge in [0.25, 0.3) is 5.91 Å². The van der Waals surface area contributed by atoms with Crippen LogP contribution < -0.4 is 0 Å². The number of hydrogen-bond donors (Lipinski definition) is 0. The highest BCUT2D eigenvalue weighted by molar-refractivity contribution is 5.95. The van der Waals surface area contributed by atoms with Crippen molar-refractivity contribution in [3.05, 3.63) is 106 Å². The summed E-state index contributed by atoms with van der Waals surface area (Å²) in [5, 5.41) is 0. The minimum absolute atomic E-state index is 0.0263. The smallest absolute Gasteiger partial charge is 0.416 e. The third kappa shape index (κ3) is 10.3. The number of carbonyl (C=O) groups is 3. The summed E-state index contributed by atoms with van der Waals surface area (Å²) in [6, 6.07) is 14.4. The van der Waals surface area contributed by atoms with Crippen LogP contribution in [0.2, 0.25) is 0 Å². The maximum Gasteiger partial charge on any atom is 0.416 e. The van der Waals surface area contributed by atoms with Gasteiger partial charge in [0, 0.05) is 37.5 Å². The Bertz CT molecular complexity index is 1950. The maximum atomic E-state index is 14.1. The van der Waals surface area contributed by atoms with E-state index in [-0.39, 0.29) is 49.0 Å². The molecule has 326 valence electrons. The van der Waals surface area contributed by atoms with Crippen molar-refractivity contribution >= 4 is 17.8 Å². The minimum Gasteiger partial charge on any atom is -0.466 e. The van der Waals surface area contributed by atoms with E-state index in [9.17, 15) is 45.1 Å². The van der Waals surface area contributed by atoms with E-state index in [2.05, 4.69) is 17.0 Å². The van der Waals surface area contributed by atoms with Crippen LogP contribution in [0.15, 0.2) is 66.7 Å². The fraction of sp³-hybridized carbons (Fsp3) is 0.523. The van der Waals surface area contributed by atoms with Gasteiger partial charge in [-0.1, -0.05) is 42.8 Å². The van der Waals surface area contributed by atoms with Crippen molar-refractivity contribution < 1.29 is 59.3 Å². The molecule has 2 amide bonds. The van der Waals surface area contributed by atoms with Crippen molar-refractivity contribution in [3.63, 3.8) is 0 Å². The summed E-state index contributed by atoms with van der Waals surface area (Å²) in [4.78, 5) is 43.3. The molecule has 60 heavy (non-hydrogen) atoms. The number of fused-ring (bicyclic) bond motifs is 2. The first kappa shape index (κ1) is 45.0. The number of nitrogens with zero attached hydrogens (tertiary/aromatic N) is 3. The molecule has 2 aliphatic heterocycles. The van der Waals surface area contributed by atoms with Crippen LogP contribution in [0.3, 0.4) is 0 Å². The summed E-state index contributed by atoms with van der Waals surface area (Å²) in [5.74, 6) is -1.93. The van der Waals surface area contributed by atoms with Crippen LogP contribution in [0.1, 0.15) is 90.0 Å². The number of unbranched alkanes of at least 4 members (excludes halogenated alkanes) is 2. The molecule has 2 fully saturated rings. The summed E-state index contributed by atoms with van der Waals surface area (Å²) in [5.41, 5.74) is -2.68. The second kappa shape index (κ2) is 18.6. The van der Waals surface area contributed by atoms with Gasteiger partial charge in [-0.2, -0.15) is 26.3 Å². The molecule has 0 radical (unpaired) electrons. The SMILES string of the molecule is CCOC(=O)CCCCCN(C)C(=O)CO[C@H]1Cc2ccccc2C12CCN(CC[C@@]1(c3ccc(F)cc3)CN(C(=O)c3cc(C(F)(F)F)cc(C(F)(F)F)c3)CO1)CC2. The Labute approximate surface area is 344 Å². The number of esters is 1. The molecular formula is C44H50F7N3O6. The normalized spacial score (nSPS) is 20.4. The number of halogens is 7. The highest BCUT2D eigenvalue weighted by Gasteiger charge is 2.50. The Morgan fingerprint density at radius 3 is 2.22 bits per heavy atom. The number of ether oxygens (including phenoxy) is 3. The van der Waals surface area contributed by atoms with E-state index in [4.69, 9.17) is 14.2 Å². The van der Waals surface area contributed by atoms with E-state index in [0.29, 0.717) is 82.6 Å². The highest BCUT2D eigenvalue weighted by Crippen LogP contribution is 2.48. The maximum absolute atomic E-state index is 14.1. The predicted molar refractivity (Wildman–Crippen MR) is 206 cm³/mol. The van der Waals surface area contributed by atoms with Gasteiger partial charge in [0.05, 0.1) is 30.4 Å².